The number of amides is 1. The Morgan fingerprint density at radius 1 is 1.44 bits per heavy atom. The fourth-order valence-corrected chi connectivity index (χ4v) is 2.45. The van der Waals surface area contributed by atoms with Crippen LogP contribution in [0.1, 0.15) is 65.2 Å². The molecule has 1 rings (SSSR count). The molecule has 3 heteroatoms. The summed E-state index contributed by atoms with van der Waals surface area (Å²) in [6.45, 7) is 4.42. The molecule has 0 saturated heterocycles. The third kappa shape index (κ3) is 8.62. The summed E-state index contributed by atoms with van der Waals surface area (Å²) in [5.41, 5.74) is 0. The maximum atomic E-state index is 11.5. The van der Waals surface area contributed by atoms with Crippen molar-refractivity contribution in [3.8, 4) is 0 Å². The van der Waals surface area contributed by atoms with Crippen LogP contribution < -0.4 is 4.72 Å². The zero-order valence-electron chi connectivity index (χ0n) is 11.8. The molecule has 1 N–H and O–H groups in total. The van der Waals surface area contributed by atoms with Gasteiger partial charge in [-0.25, -0.2) is 0 Å². The van der Waals surface area contributed by atoms with Crippen LogP contribution in [-0.4, -0.2) is 11.2 Å². The van der Waals surface area contributed by atoms with Crippen LogP contribution in [-0.2, 0) is 4.79 Å². The van der Waals surface area contributed by atoms with Gasteiger partial charge in [-0.2, -0.15) is 0 Å². The highest BCUT2D eigenvalue weighted by Crippen LogP contribution is 2.31. The SMILES string of the molecule is CCCCC/C=C\C(C)CCC(=O)NSC1CC1. The minimum Gasteiger partial charge on any atom is -0.300 e. The number of rotatable bonds is 10. The Morgan fingerprint density at radius 3 is 2.89 bits per heavy atom. The molecule has 1 saturated carbocycles. The average molecular weight is 269 g/mol. The van der Waals surface area contributed by atoms with Crippen molar-refractivity contribution in [2.24, 2.45) is 5.92 Å². The summed E-state index contributed by atoms with van der Waals surface area (Å²) in [5, 5.41) is 0.699. The highest BCUT2D eigenvalue weighted by molar-refractivity contribution is 7.98. The average Bonchev–Trinajstić information content (AvgIpc) is 3.17. The monoisotopic (exact) mass is 269 g/mol. The Bertz CT molecular complexity index is 261. The molecule has 0 spiro atoms. The molecule has 1 aliphatic carbocycles. The summed E-state index contributed by atoms with van der Waals surface area (Å²) < 4.78 is 2.94. The lowest BCUT2D eigenvalue weighted by atomic mass is 10.0. The van der Waals surface area contributed by atoms with Crippen LogP contribution in [0.3, 0.4) is 0 Å². The van der Waals surface area contributed by atoms with Gasteiger partial charge in [-0.05, 0) is 50.0 Å². The molecule has 2 nitrogen and oxygen atoms in total. The van der Waals surface area contributed by atoms with E-state index in [9.17, 15) is 4.79 Å². The Hall–Kier alpha value is -0.440. The molecule has 1 aliphatic rings. The largest absolute Gasteiger partial charge is 0.300 e. The molecule has 0 aromatic rings. The third-order valence-corrected chi connectivity index (χ3v) is 4.28. The smallest absolute Gasteiger partial charge is 0.229 e. The van der Waals surface area contributed by atoms with Crippen LogP contribution in [0.2, 0.25) is 0 Å². The lowest BCUT2D eigenvalue weighted by molar-refractivity contribution is -0.119. The van der Waals surface area contributed by atoms with E-state index in [1.165, 1.54) is 38.5 Å². The van der Waals surface area contributed by atoms with Gasteiger partial charge in [0.05, 0.1) is 0 Å². The van der Waals surface area contributed by atoms with Crippen molar-refractivity contribution in [1.82, 2.24) is 4.72 Å². The van der Waals surface area contributed by atoms with Crippen LogP contribution >= 0.6 is 11.9 Å². The van der Waals surface area contributed by atoms with Crippen molar-refractivity contribution in [3.63, 3.8) is 0 Å². The van der Waals surface area contributed by atoms with Crippen molar-refractivity contribution in [3.05, 3.63) is 12.2 Å². The summed E-state index contributed by atoms with van der Waals surface area (Å²) >= 11 is 1.61. The topological polar surface area (TPSA) is 29.1 Å². The summed E-state index contributed by atoms with van der Waals surface area (Å²) in [6, 6.07) is 0. The van der Waals surface area contributed by atoms with Gasteiger partial charge in [0.2, 0.25) is 5.91 Å². The quantitative estimate of drug-likeness (QED) is 0.360. The number of nitrogens with one attached hydrogen (secondary N) is 1. The molecule has 0 heterocycles. The molecular formula is C15H27NOS. The summed E-state index contributed by atoms with van der Waals surface area (Å²) in [7, 11) is 0. The molecule has 18 heavy (non-hydrogen) atoms. The van der Waals surface area contributed by atoms with E-state index >= 15 is 0 Å². The second-order valence-electron chi connectivity index (χ2n) is 5.28. The molecule has 1 amide bonds. The summed E-state index contributed by atoms with van der Waals surface area (Å²) in [4.78, 5) is 11.5. The van der Waals surface area contributed by atoms with Crippen molar-refractivity contribution in [2.75, 3.05) is 0 Å². The van der Waals surface area contributed by atoms with E-state index in [1.54, 1.807) is 11.9 Å². The van der Waals surface area contributed by atoms with Gasteiger partial charge in [-0.1, -0.05) is 38.8 Å². The fourth-order valence-electron chi connectivity index (χ4n) is 1.68. The molecule has 104 valence electrons. The van der Waals surface area contributed by atoms with Gasteiger partial charge >= 0.3 is 0 Å². The zero-order chi connectivity index (χ0) is 13.2. The normalized spacial score (nSPS) is 17.0. The van der Waals surface area contributed by atoms with Gasteiger partial charge < -0.3 is 0 Å². The number of unbranched alkanes of at least 4 members (excludes halogenated alkanes) is 3. The molecule has 0 bridgehead atoms. The predicted octanol–water partition coefficient (Wildman–Crippen LogP) is 4.47. The highest BCUT2D eigenvalue weighted by Gasteiger charge is 2.22. The molecule has 0 aromatic heterocycles. The van der Waals surface area contributed by atoms with Crippen LogP contribution in [0.15, 0.2) is 12.2 Å². The van der Waals surface area contributed by atoms with Crippen LogP contribution in [0.4, 0.5) is 0 Å². The molecule has 1 fully saturated rings. The highest BCUT2D eigenvalue weighted by atomic mass is 32.2. The van der Waals surface area contributed by atoms with Gasteiger partial charge in [0.15, 0.2) is 0 Å². The maximum absolute atomic E-state index is 11.5. The van der Waals surface area contributed by atoms with Crippen molar-refractivity contribution < 1.29 is 4.79 Å². The first kappa shape index (κ1) is 15.6. The Morgan fingerprint density at radius 2 is 2.22 bits per heavy atom. The number of carbonyl (C=O) groups is 1. The first-order valence-corrected chi connectivity index (χ1v) is 8.21. The third-order valence-electron chi connectivity index (χ3n) is 3.13. The van der Waals surface area contributed by atoms with Crippen LogP contribution in [0.5, 0.6) is 0 Å². The number of allylic oxidation sites excluding steroid dienone is 2. The molecule has 0 radical (unpaired) electrons. The minimum absolute atomic E-state index is 0.193. The molecular weight excluding hydrogens is 242 g/mol. The van der Waals surface area contributed by atoms with E-state index in [4.69, 9.17) is 0 Å². The van der Waals surface area contributed by atoms with Crippen molar-refractivity contribution in [1.29, 1.82) is 0 Å². The lowest BCUT2D eigenvalue weighted by Crippen LogP contribution is -2.16. The van der Waals surface area contributed by atoms with Gasteiger partial charge in [-0.3, -0.25) is 9.52 Å². The van der Waals surface area contributed by atoms with E-state index in [1.807, 2.05) is 0 Å². The molecule has 0 aromatic carbocycles. The minimum atomic E-state index is 0.193. The van der Waals surface area contributed by atoms with E-state index in [0.717, 1.165) is 6.42 Å². The summed E-state index contributed by atoms with van der Waals surface area (Å²) in [6.07, 6.45) is 13.8. The Kier molecular flexibility index (Phi) is 8.23. The summed E-state index contributed by atoms with van der Waals surface area (Å²) in [5.74, 6) is 0.710. The zero-order valence-corrected chi connectivity index (χ0v) is 12.6. The number of hydrogen-bond acceptors (Lipinski definition) is 2. The van der Waals surface area contributed by atoms with E-state index in [0.29, 0.717) is 17.6 Å². The molecule has 0 aliphatic heterocycles. The molecule has 1 atom stereocenters. The predicted molar refractivity (Wildman–Crippen MR) is 80.4 cm³/mol. The number of hydrogen-bond donors (Lipinski definition) is 1. The van der Waals surface area contributed by atoms with Crippen molar-refractivity contribution >= 4 is 17.9 Å². The number of carbonyl (C=O) groups excluding carboxylic acids is 1. The first-order valence-electron chi connectivity index (χ1n) is 7.33. The van der Waals surface area contributed by atoms with Crippen LogP contribution in [0.25, 0.3) is 0 Å². The van der Waals surface area contributed by atoms with Gasteiger partial charge in [-0.15, -0.1) is 0 Å². The van der Waals surface area contributed by atoms with E-state index < -0.39 is 0 Å². The lowest BCUT2D eigenvalue weighted by Gasteiger charge is -2.06. The maximum Gasteiger partial charge on any atom is 0.229 e. The van der Waals surface area contributed by atoms with Gasteiger partial charge in [0, 0.05) is 11.7 Å². The second-order valence-corrected chi connectivity index (χ2v) is 6.39. The van der Waals surface area contributed by atoms with Gasteiger partial charge in [0.25, 0.3) is 0 Å². The van der Waals surface area contributed by atoms with Crippen molar-refractivity contribution in [2.45, 2.75) is 70.5 Å². The standard InChI is InChI=1S/C15H27NOS/c1-3-4-5-6-7-8-13(2)9-12-15(17)16-18-14-10-11-14/h7-8,13-14H,3-6,9-12H2,1-2H3,(H,16,17)/b8-7-. The second kappa shape index (κ2) is 9.48. The van der Waals surface area contributed by atoms with Crippen LogP contribution in [0, 0.1) is 5.92 Å². The fraction of sp³-hybridized carbons (Fsp3) is 0.800. The first-order chi connectivity index (χ1) is 8.72. The Labute approximate surface area is 116 Å². The van der Waals surface area contributed by atoms with Gasteiger partial charge in [0.1, 0.15) is 0 Å². The Balaban J connectivity index is 1.96. The van der Waals surface area contributed by atoms with E-state index in [2.05, 4.69) is 30.7 Å². The molecule has 1 unspecified atom stereocenters. The van der Waals surface area contributed by atoms with E-state index in [-0.39, 0.29) is 5.91 Å².